The summed E-state index contributed by atoms with van der Waals surface area (Å²) in [7, 11) is 0. The zero-order valence-corrected chi connectivity index (χ0v) is 9.57. The Kier molecular flexibility index (Phi) is 4.09. The lowest BCUT2D eigenvalue weighted by Crippen LogP contribution is -2.43. The van der Waals surface area contributed by atoms with Gasteiger partial charge in [-0.3, -0.25) is 10.1 Å². The minimum Gasteiger partial charge on any atom is -0.388 e. The Hall–Kier alpha value is -0.880. The van der Waals surface area contributed by atoms with Crippen LogP contribution >= 0.6 is 23.2 Å². The van der Waals surface area contributed by atoms with Crippen molar-refractivity contribution in [2.24, 2.45) is 0 Å². The van der Waals surface area contributed by atoms with Gasteiger partial charge in [0.15, 0.2) is 0 Å². The quantitative estimate of drug-likeness (QED) is 0.638. The average Bonchev–Trinajstić information content (AvgIpc) is 2.22. The molecule has 0 atom stereocenters. The van der Waals surface area contributed by atoms with E-state index in [-0.39, 0.29) is 10.6 Å². The fourth-order valence-corrected chi connectivity index (χ4v) is 1.89. The first kappa shape index (κ1) is 13.2. The van der Waals surface area contributed by atoms with Gasteiger partial charge in [0, 0.05) is 9.95 Å². The molecular formula is C9H9Cl2NO4. The summed E-state index contributed by atoms with van der Waals surface area (Å²) in [5.74, 6) is 0. The van der Waals surface area contributed by atoms with Crippen LogP contribution in [0.25, 0.3) is 0 Å². The van der Waals surface area contributed by atoms with Crippen molar-refractivity contribution in [3.8, 4) is 0 Å². The van der Waals surface area contributed by atoms with Gasteiger partial charge >= 0.3 is 0 Å². The first-order valence-electron chi connectivity index (χ1n) is 4.29. The Balaban J connectivity index is 3.37. The monoisotopic (exact) mass is 265 g/mol. The van der Waals surface area contributed by atoms with Gasteiger partial charge in [0.1, 0.15) is 13.2 Å². The third-order valence-corrected chi connectivity index (χ3v) is 2.85. The normalized spacial score (nSPS) is 11.5. The van der Waals surface area contributed by atoms with Gasteiger partial charge in [0.2, 0.25) is 0 Å². The van der Waals surface area contributed by atoms with E-state index in [1.165, 1.54) is 18.2 Å². The number of benzene rings is 1. The van der Waals surface area contributed by atoms with Crippen LogP contribution in [-0.2, 0) is 5.54 Å². The summed E-state index contributed by atoms with van der Waals surface area (Å²) in [5, 5.41) is 29.5. The molecule has 16 heavy (non-hydrogen) atoms. The molecule has 1 aromatic carbocycles. The van der Waals surface area contributed by atoms with Crippen LogP contribution in [0, 0.1) is 10.1 Å². The molecule has 1 rings (SSSR count). The summed E-state index contributed by atoms with van der Waals surface area (Å²) >= 11 is 11.5. The second-order valence-electron chi connectivity index (χ2n) is 3.23. The number of aliphatic hydroxyl groups is 2. The molecular weight excluding hydrogens is 257 g/mol. The number of halogens is 2. The van der Waals surface area contributed by atoms with Crippen LogP contribution in [0.2, 0.25) is 10.0 Å². The molecule has 0 fully saturated rings. The van der Waals surface area contributed by atoms with Crippen LogP contribution in [-0.4, -0.2) is 28.4 Å². The maximum Gasteiger partial charge on any atom is 0.293 e. The summed E-state index contributed by atoms with van der Waals surface area (Å²) in [6.07, 6.45) is 0. The van der Waals surface area contributed by atoms with Crippen molar-refractivity contribution < 1.29 is 15.1 Å². The van der Waals surface area contributed by atoms with Gasteiger partial charge in [-0.1, -0.05) is 23.2 Å². The summed E-state index contributed by atoms with van der Waals surface area (Å²) in [5.41, 5.74) is -1.96. The highest BCUT2D eigenvalue weighted by Gasteiger charge is 2.45. The fourth-order valence-electron chi connectivity index (χ4n) is 1.30. The van der Waals surface area contributed by atoms with Crippen molar-refractivity contribution in [2.45, 2.75) is 5.54 Å². The number of nitrogens with zero attached hydrogens (tertiary/aromatic N) is 1. The van der Waals surface area contributed by atoms with Crippen molar-refractivity contribution >= 4 is 23.2 Å². The highest BCUT2D eigenvalue weighted by molar-refractivity contribution is 6.35. The van der Waals surface area contributed by atoms with E-state index in [2.05, 4.69) is 0 Å². The third kappa shape index (κ3) is 2.12. The molecule has 2 N–H and O–H groups in total. The van der Waals surface area contributed by atoms with E-state index in [1.54, 1.807) is 0 Å². The Morgan fingerprint density at radius 1 is 1.31 bits per heavy atom. The van der Waals surface area contributed by atoms with Crippen molar-refractivity contribution in [3.63, 3.8) is 0 Å². The molecule has 0 aliphatic heterocycles. The second-order valence-corrected chi connectivity index (χ2v) is 4.07. The summed E-state index contributed by atoms with van der Waals surface area (Å²) in [6, 6.07) is 4.05. The van der Waals surface area contributed by atoms with Crippen molar-refractivity contribution in [3.05, 3.63) is 43.9 Å². The molecule has 0 radical (unpaired) electrons. The highest BCUT2D eigenvalue weighted by atomic mass is 35.5. The Morgan fingerprint density at radius 3 is 2.25 bits per heavy atom. The summed E-state index contributed by atoms with van der Waals surface area (Å²) < 4.78 is 0. The van der Waals surface area contributed by atoms with Crippen molar-refractivity contribution in [2.75, 3.05) is 13.2 Å². The summed E-state index contributed by atoms with van der Waals surface area (Å²) in [4.78, 5) is 10.2. The molecule has 0 bridgehead atoms. The van der Waals surface area contributed by atoms with Crippen LogP contribution < -0.4 is 0 Å². The molecule has 0 unspecified atom stereocenters. The molecule has 7 heteroatoms. The smallest absolute Gasteiger partial charge is 0.293 e. The number of rotatable bonds is 4. The van der Waals surface area contributed by atoms with Gasteiger partial charge in [-0.2, -0.15) is 0 Å². The first-order chi connectivity index (χ1) is 7.47. The predicted molar refractivity (Wildman–Crippen MR) is 59.3 cm³/mol. The number of hydrogen-bond donors (Lipinski definition) is 2. The predicted octanol–water partition coefficient (Wildman–Crippen LogP) is 1.45. The van der Waals surface area contributed by atoms with Crippen LogP contribution in [0.4, 0.5) is 0 Å². The second kappa shape index (κ2) is 4.97. The van der Waals surface area contributed by atoms with Gasteiger partial charge in [-0.15, -0.1) is 0 Å². The largest absolute Gasteiger partial charge is 0.388 e. The maximum atomic E-state index is 10.9. The topological polar surface area (TPSA) is 83.6 Å². The molecule has 0 saturated heterocycles. The lowest BCUT2D eigenvalue weighted by Gasteiger charge is -2.22. The minimum atomic E-state index is -2.00. The number of hydrogen-bond acceptors (Lipinski definition) is 4. The zero-order chi connectivity index (χ0) is 12.3. The van der Waals surface area contributed by atoms with Crippen LogP contribution in [0.1, 0.15) is 5.56 Å². The molecule has 88 valence electrons. The molecule has 1 aromatic rings. The average molecular weight is 266 g/mol. The number of nitro groups is 1. The molecule has 0 aliphatic rings. The van der Waals surface area contributed by atoms with Crippen LogP contribution in [0.15, 0.2) is 18.2 Å². The van der Waals surface area contributed by atoms with E-state index < -0.39 is 23.7 Å². The van der Waals surface area contributed by atoms with Gasteiger partial charge in [-0.25, -0.2) is 0 Å². The van der Waals surface area contributed by atoms with Gasteiger partial charge in [0.05, 0.1) is 10.6 Å². The Morgan fingerprint density at radius 2 is 1.88 bits per heavy atom. The maximum absolute atomic E-state index is 10.9. The standard InChI is InChI=1S/C9H9Cl2NO4/c10-6-1-2-7(8(11)3-6)9(4-13,5-14)12(15)16/h1-3,13-14H,4-5H2. The first-order valence-corrected chi connectivity index (χ1v) is 5.05. The van der Waals surface area contributed by atoms with E-state index in [9.17, 15) is 10.1 Å². The molecule has 0 heterocycles. The highest BCUT2D eigenvalue weighted by Crippen LogP contribution is 2.32. The Labute approximate surface area is 101 Å². The van der Waals surface area contributed by atoms with Crippen molar-refractivity contribution in [1.29, 1.82) is 0 Å². The van der Waals surface area contributed by atoms with E-state index in [1.807, 2.05) is 0 Å². The van der Waals surface area contributed by atoms with E-state index in [0.29, 0.717) is 5.02 Å². The van der Waals surface area contributed by atoms with E-state index in [4.69, 9.17) is 33.4 Å². The van der Waals surface area contributed by atoms with Gasteiger partial charge < -0.3 is 10.2 Å². The van der Waals surface area contributed by atoms with E-state index >= 15 is 0 Å². The van der Waals surface area contributed by atoms with Gasteiger partial charge in [-0.05, 0) is 18.2 Å². The van der Waals surface area contributed by atoms with Crippen LogP contribution in [0.5, 0.6) is 0 Å². The molecule has 0 aliphatic carbocycles. The summed E-state index contributed by atoms with van der Waals surface area (Å²) in [6.45, 7) is -1.70. The molecule has 0 saturated carbocycles. The zero-order valence-electron chi connectivity index (χ0n) is 8.06. The SMILES string of the molecule is O=[N+]([O-])C(CO)(CO)c1ccc(Cl)cc1Cl. The van der Waals surface area contributed by atoms with Gasteiger partial charge in [0.25, 0.3) is 5.54 Å². The molecule has 0 amide bonds. The lowest BCUT2D eigenvalue weighted by molar-refractivity contribution is -0.586. The van der Waals surface area contributed by atoms with Crippen LogP contribution in [0.3, 0.4) is 0 Å². The molecule has 0 spiro atoms. The van der Waals surface area contributed by atoms with Crippen molar-refractivity contribution in [1.82, 2.24) is 0 Å². The fraction of sp³-hybridized carbons (Fsp3) is 0.333. The molecule has 5 nitrogen and oxygen atoms in total. The number of aliphatic hydroxyl groups excluding tert-OH is 2. The lowest BCUT2D eigenvalue weighted by atomic mass is 9.92. The van der Waals surface area contributed by atoms with E-state index in [0.717, 1.165) is 0 Å². The molecule has 0 aromatic heterocycles. The minimum absolute atomic E-state index is 0.0345. The Bertz CT molecular complexity index is 406. The third-order valence-electron chi connectivity index (χ3n) is 2.31.